The summed E-state index contributed by atoms with van der Waals surface area (Å²) in [6, 6.07) is 73.8. The molecule has 1 aliphatic carbocycles. The van der Waals surface area contributed by atoms with Gasteiger partial charge < -0.3 is 19.6 Å². The summed E-state index contributed by atoms with van der Waals surface area (Å²) in [4.78, 5) is 11.5. The molecule has 2 aliphatic heterocycles. The lowest BCUT2D eigenvalue weighted by Gasteiger charge is -2.45. The van der Waals surface area contributed by atoms with Crippen molar-refractivity contribution in [2.45, 2.75) is 84.5 Å². The molecule has 4 nitrogen and oxygen atoms in total. The minimum atomic E-state index is -0.0342. The van der Waals surface area contributed by atoms with Gasteiger partial charge in [0.1, 0.15) is 0 Å². The number of rotatable bonds is 8. The van der Waals surface area contributed by atoms with Crippen LogP contribution in [0, 0.1) is 6.92 Å². The summed E-state index contributed by atoms with van der Waals surface area (Å²) >= 11 is 2.09. The van der Waals surface area contributed by atoms with E-state index in [2.05, 4.69) is 287 Å². The highest BCUT2D eigenvalue weighted by molar-refractivity contribution is 7.29. The van der Waals surface area contributed by atoms with Gasteiger partial charge in [0.25, 0.3) is 6.71 Å². The van der Waals surface area contributed by atoms with Crippen LogP contribution in [0.2, 0.25) is 0 Å². The molecule has 0 radical (unpaired) electrons. The molecule has 0 amide bonds. The Morgan fingerprint density at radius 2 is 0.901 bits per heavy atom. The Balaban J connectivity index is 1.08. The van der Waals surface area contributed by atoms with E-state index in [0.29, 0.717) is 0 Å². The maximum absolute atomic E-state index is 2.67. The molecule has 71 heavy (non-hydrogen) atoms. The molecular formula is C65H61BN4S. The van der Waals surface area contributed by atoms with E-state index in [9.17, 15) is 0 Å². The molecule has 0 bridgehead atoms. The average Bonchev–Trinajstić information content (AvgIpc) is 3.81. The monoisotopic (exact) mass is 940 g/mol. The summed E-state index contributed by atoms with van der Waals surface area (Å²) in [6.45, 7) is 19.4. The van der Waals surface area contributed by atoms with Gasteiger partial charge in [-0.2, -0.15) is 11.3 Å². The van der Waals surface area contributed by atoms with Crippen LogP contribution in [0.5, 0.6) is 0 Å². The Hall–Kier alpha value is -7.28. The first-order valence-electron chi connectivity index (χ1n) is 25.3. The highest BCUT2D eigenvalue weighted by Crippen LogP contribution is 2.56. The van der Waals surface area contributed by atoms with Crippen molar-refractivity contribution < 1.29 is 0 Å². The number of hydrogen-bond acceptors (Lipinski definition) is 5. The van der Waals surface area contributed by atoms with Gasteiger partial charge in [-0.15, -0.1) is 0 Å². The van der Waals surface area contributed by atoms with Crippen molar-refractivity contribution in [1.29, 1.82) is 0 Å². The third kappa shape index (κ3) is 7.58. The second-order valence-electron chi connectivity index (χ2n) is 22.2. The predicted octanol–water partition coefficient (Wildman–Crippen LogP) is 16.7. The van der Waals surface area contributed by atoms with Crippen molar-refractivity contribution in [3.05, 3.63) is 222 Å². The number of para-hydroxylation sites is 4. The largest absolute Gasteiger partial charge is 0.311 e. The third-order valence-corrected chi connectivity index (χ3v) is 17.0. The molecule has 0 atom stereocenters. The Morgan fingerprint density at radius 1 is 0.479 bits per heavy atom. The topological polar surface area (TPSA) is 13.0 Å². The maximum Gasteiger partial charge on any atom is 0.264 e. The van der Waals surface area contributed by atoms with Crippen LogP contribution in [0.15, 0.2) is 200 Å². The Bertz CT molecular complexity index is 3330. The van der Waals surface area contributed by atoms with E-state index in [0.717, 1.165) is 46.2 Å². The van der Waals surface area contributed by atoms with Crippen molar-refractivity contribution in [1.82, 2.24) is 0 Å². The normalized spacial score (nSPS) is 15.1. The van der Waals surface area contributed by atoms with Gasteiger partial charge in [-0.05, 0) is 179 Å². The summed E-state index contributed by atoms with van der Waals surface area (Å²) in [5.41, 5.74) is 21.1. The summed E-state index contributed by atoms with van der Waals surface area (Å²) in [6.07, 6.45) is 2.31. The number of aryl methyl sites for hydroxylation is 1. The summed E-state index contributed by atoms with van der Waals surface area (Å²) in [5.74, 6) is 0. The quantitative estimate of drug-likeness (QED) is 0.141. The molecule has 6 heteroatoms. The predicted molar refractivity (Wildman–Crippen MR) is 306 cm³/mol. The molecule has 350 valence electrons. The Morgan fingerprint density at radius 3 is 1.37 bits per heavy atom. The number of benzene rings is 8. The van der Waals surface area contributed by atoms with Crippen LogP contribution >= 0.6 is 11.3 Å². The molecule has 0 fully saturated rings. The van der Waals surface area contributed by atoms with Gasteiger partial charge in [-0.1, -0.05) is 133 Å². The smallest absolute Gasteiger partial charge is 0.264 e. The van der Waals surface area contributed by atoms with Crippen LogP contribution in [0.25, 0.3) is 0 Å². The van der Waals surface area contributed by atoms with Crippen molar-refractivity contribution in [3.63, 3.8) is 0 Å². The Labute approximate surface area is 425 Å². The zero-order valence-electron chi connectivity index (χ0n) is 42.2. The molecule has 0 N–H and O–H groups in total. The molecule has 0 unspecified atom stereocenters. The molecular weight excluding hydrogens is 880 g/mol. The zero-order valence-corrected chi connectivity index (χ0v) is 43.1. The lowest BCUT2D eigenvalue weighted by Crippen LogP contribution is -2.60. The average molecular weight is 941 g/mol. The van der Waals surface area contributed by atoms with Crippen molar-refractivity contribution in [3.8, 4) is 0 Å². The minimum Gasteiger partial charge on any atom is -0.311 e. The van der Waals surface area contributed by atoms with Gasteiger partial charge in [0.15, 0.2) is 0 Å². The van der Waals surface area contributed by atoms with Crippen molar-refractivity contribution >= 4 is 102 Å². The van der Waals surface area contributed by atoms with Crippen LogP contribution in [0.4, 0.5) is 68.2 Å². The van der Waals surface area contributed by atoms with E-state index in [-0.39, 0.29) is 23.0 Å². The van der Waals surface area contributed by atoms with Crippen LogP contribution in [0.1, 0.15) is 82.9 Å². The molecule has 0 saturated carbocycles. The molecule has 8 aromatic carbocycles. The molecule has 3 aliphatic rings. The fraction of sp³-hybridized carbons (Fsp3) is 0.200. The first-order chi connectivity index (χ1) is 34.3. The van der Waals surface area contributed by atoms with Crippen LogP contribution in [0.3, 0.4) is 0 Å². The molecule has 12 rings (SSSR count). The summed E-state index contributed by atoms with van der Waals surface area (Å²) in [5, 5.41) is 0. The summed E-state index contributed by atoms with van der Waals surface area (Å²) in [7, 11) is 0. The van der Waals surface area contributed by atoms with Gasteiger partial charge in [0.05, 0.1) is 5.69 Å². The SMILES string of the molecule is Cc1cc2c3c(c1)N(c1ccc(N(c4ccccc4)c4ccccc4)cc1)c1c(sc4c1C(C)(C)CCC4(C)C)B3c1cc(C(C)(C)C)ccc1N2c1ccc(N(c2ccccc2)c2ccccc2)cc1. The number of anilines is 12. The van der Waals surface area contributed by atoms with Crippen LogP contribution in [-0.4, -0.2) is 6.71 Å². The molecule has 0 spiro atoms. The second-order valence-corrected chi connectivity index (χ2v) is 23.2. The third-order valence-electron chi connectivity index (χ3n) is 15.3. The van der Waals surface area contributed by atoms with Crippen LogP contribution < -0.4 is 35.3 Å². The summed E-state index contributed by atoms with van der Waals surface area (Å²) < 4.78 is 1.46. The highest BCUT2D eigenvalue weighted by atomic mass is 32.1. The standard InChI is InChI=1S/C65H61BN4S/c1-44-41-56-59-57(42-44)70(53-36-32-51(33-37-53)68(48-25-17-11-18-26-48)49-27-19-12-20-28-49)60-58-61(65(7,8)40-39-64(58,5)6)71-62(60)66(59)54-43-45(63(2,3)4)29-38-55(54)69(56)52-34-30-50(31-35-52)67(46-21-13-9-14-22-46)47-23-15-10-16-24-47/h9-38,41-43H,39-40H2,1-8H3. The van der Waals surface area contributed by atoms with Gasteiger partial charge in [-0.25, -0.2) is 0 Å². The van der Waals surface area contributed by atoms with E-state index in [1.807, 2.05) is 0 Å². The molecule has 3 heterocycles. The Kier molecular flexibility index (Phi) is 10.7. The molecule has 1 aromatic heterocycles. The van der Waals surface area contributed by atoms with E-state index < -0.39 is 0 Å². The van der Waals surface area contributed by atoms with E-state index in [4.69, 9.17) is 0 Å². The van der Waals surface area contributed by atoms with E-state index in [1.54, 1.807) is 4.88 Å². The van der Waals surface area contributed by atoms with Gasteiger partial charge >= 0.3 is 0 Å². The fourth-order valence-electron chi connectivity index (χ4n) is 11.6. The second kappa shape index (κ2) is 17.0. The van der Waals surface area contributed by atoms with E-state index in [1.165, 1.54) is 67.3 Å². The fourth-order valence-corrected chi connectivity index (χ4v) is 13.4. The number of hydrogen-bond donors (Lipinski definition) is 0. The van der Waals surface area contributed by atoms with Gasteiger partial charge in [-0.3, -0.25) is 0 Å². The van der Waals surface area contributed by atoms with Gasteiger partial charge in [0, 0.05) is 72.2 Å². The van der Waals surface area contributed by atoms with Gasteiger partial charge in [0.2, 0.25) is 0 Å². The molecule has 9 aromatic rings. The first kappa shape index (κ1) is 44.9. The maximum atomic E-state index is 2.67. The molecule has 0 saturated heterocycles. The number of fused-ring (bicyclic) bond motifs is 6. The first-order valence-corrected chi connectivity index (χ1v) is 26.2. The van der Waals surface area contributed by atoms with Crippen molar-refractivity contribution in [2.75, 3.05) is 19.6 Å². The minimum absolute atomic E-state index is 0.0133. The lowest BCUT2D eigenvalue weighted by molar-refractivity contribution is 0.339. The number of nitrogens with zero attached hydrogens (tertiary/aromatic N) is 4. The van der Waals surface area contributed by atoms with Crippen LogP contribution in [-0.2, 0) is 16.2 Å². The number of thiophene rings is 1. The highest BCUT2D eigenvalue weighted by Gasteiger charge is 2.51. The lowest BCUT2D eigenvalue weighted by atomic mass is 9.35. The zero-order chi connectivity index (χ0) is 48.8. The van der Waals surface area contributed by atoms with Crippen molar-refractivity contribution in [2.24, 2.45) is 0 Å². The van der Waals surface area contributed by atoms with E-state index >= 15 is 0 Å².